The van der Waals surface area contributed by atoms with Gasteiger partial charge >= 0.3 is 0 Å². The summed E-state index contributed by atoms with van der Waals surface area (Å²) in [4.78, 5) is 9.60. The quantitative estimate of drug-likeness (QED) is 0.123. The molecule has 0 fully saturated rings. The molecule has 0 N–H and O–H groups in total. The molecule has 6 heteroatoms. The van der Waals surface area contributed by atoms with Gasteiger partial charge in [0, 0.05) is 49.6 Å². The predicted octanol–water partition coefficient (Wildman–Crippen LogP) is 12.1. The molecule has 0 aliphatic rings. The zero-order chi connectivity index (χ0) is 41.0. The van der Waals surface area contributed by atoms with Gasteiger partial charge in [-0.25, -0.2) is 0 Å². The van der Waals surface area contributed by atoms with Crippen molar-refractivity contribution in [2.75, 3.05) is 0 Å². The summed E-state index contributed by atoms with van der Waals surface area (Å²) in [5.41, 5.74) is 7.84. The van der Waals surface area contributed by atoms with E-state index in [1.54, 1.807) is 18.3 Å². The topological polar surface area (TPSA) is 43.9 Å². The maximum atomic E-state index is 8.59. The van der Waals surface area contributed by atoms with Crippen molar-refractivity contribution in [1.29, 1.82) is 0 Å². The van der Waals surface area contributed by atoms with Crippen LogP contribution in [0.5, 0.6) is 0 Å². The van der Waals surface area contributed by atoms with Gasteiger partial charge in [-0.05, 0) is 52.8 Å². The number of nitrogens with zero attached hydrogens (tertiary/aromatic N) is 3. The molecule has 1 radical (unpaired) electrons. The summed E-state index contributed by atoms with van der Waals surface area (Å²) >= 11 is 0. The molecule has 0 spiro atoms. The fourth-order valence-corrected chi connectivity index (χ4v) is 8.32. The number of pyridine rings is 1. The second kappa shape index (κ2) is 15.3. The van der Waals surface area contributed by atoms with Crippen molar-refractivity contribution in [2.24, 2.45) is 5.92 Å². The maximum absolute atomic E-state index is 8.59. The number of hydrogen-bond acceptors (Lipinski definition) is 3. The SMILES string of the molecule is [2H]C([2H])([2H])c1c[c-]c(-c2cc(C([2H])([2H])C(C)C)c([Si](C)(C)C)cn2)cc1.[Ir].[c-]1ccc2c(oc3ccccc32)c1-c1nc2ccccc2n1-c1cccc2ccccc12. The molecule has 0 bridgehead atoms. The van der Waals surface area contributed by atoms with Crippen LogP contribution in [0.25, 0.3) is 72.1 Å². The fourth-order valence-electron chi connectivity index (χ4n) is 6.91. The third-order valence-electron chi connectivity index (χ3n) is 9.38. The summed E-state index contributed by atoms with van der Waals surface area (Å²) in [5, 5.41) is 5.56. The molecule has 0 amide bonds. The van der Waals surface area contributed by atoms with Crippen LogP contribution in [0, 0.1) is 24.9 Å². The van der Waals surface area contributed by atoms with Gasteiger partial charge in [0.1, 0.15) is 5.58 Å². The van der Waals surface area contributed by atoms with E-state index in [2.05, 4.69) is 114 Å². The van der Waals surface area contributed by atoms with Crippen molar-refractivity contribution in [2.45, 2.75) is 46.7 Å². The molecule has 0 saturated heterocycles. The number of aryl methyl sites for hydroxylation is 1. The first-order chi connectivity index (χ1) is 27.6. The summed E-state index contributed by atoms with van der Waals surface area (Å²) in [6.45, 7) is 8.14. The molecule has 9 aromatic rings. The second-order valence-corrected chi connectivity index (χ2v) is 19.6. The van der Waals surface area contributed by atoms with Gasteiger partial charge in [-0.2, -0.15) is 0 Å². The molecular formula is C48H43IrN3OSi-2. The largest absolute Gasteiger partial charge is 0.501 e. The van der Waals surface area contributed by atoms with E-state index in [9.17, 15) is 0 Å². The van der Waals surface area contributed by atoms with Crippen LogP contribution in [0.4, 0.5) is 0 Å². The van der Waals surface area contributed by atoms with Crippen molar-refractivity contribution in [3.8, 4) is 28.3 Å². The van der Waals surface area contributed by atoms with Crippen LogP contribution in [0.1, 0.15) is 31.8 Å². The Morgan fingerprint density at radius 3 is 2.37 bits per heavy atom. The number of benzene rings is 6. The molecule has 0 atom stereocenters. The minimum Gasteiger partial charge on any atom is -0.501 e. The number of para-hydroxylation sites is 3. The Bertz CT molecular complexity index is 2940. The molecular weight excluding hydrogens is 855 g/mol. The van der Waals surface area contributed by atoms with Crippen LogP contribution in [-0.2, 0) is 26.5 Å². The van der Waals surface area contributed by atoms with E-state index in [0.29, 0.717) is 16.8 Å². The molecule has 0 aliphatic carbocycles. The Morgan fingerprint density at radius 1 is 0.833 bits per heavy atom. The van der Waals surface area contributed by atoms with Crippen LogP contribution < -0.4 is 5.19 Å². The number of imidazole rings is 1. The summed E-state index contributed by atoms with van der Waals surface area (Å²) in [6.07, 6.45) is 0.328. The zero-order valence-corrected chi connectivity index (χ0v) is 34.3. The van der Waals surface area contributed by atoms with Crippen LogP contribution in [0.3, 0.4) is 0 Å². The van der Waals surface area contributed by atoms with Gasteiger partial charge in [-0.15, -0.1) is 53.6 Å². The predicted molar refractivity (Wildman–Crippen MR) is 225 cm³/mol. The van der Waals surface area contributed by atoms with Crippen LogP contribution in [0.15, 0.2) is 138 Å². The summed E-state index contributed by atoms with van der Waals surface area (Å²) in [7, 11) is -1.78. The summed E-state index contributed by atoms with van der Waals surface area (Å²) < 4.78 is 48.1. The first kappa shape index (κ1) is 31.2. The van der Waals surface area contributed by atoms with Gasteiger partial charge in [-0.1, -0.05) is 130 Å². The average Bonchev–Trinajstić information content (AvgIpc) is 3.79. The van der Waals surface area contributed by atoms with Gasteiger partial charge in [0.2, 0.25) is 0 Å². The number of furan rings is 1. The third-order valence-corrected chi connectivity index (χ3v) is 11.4. The van der Waals surface area contributed by atoms with Gasteiger partial charge in [0.05, 0.1) is 30.5 Å². The Hall–Kier alpha value is -5.13. The molecule has 0 saturated carbocycles. The molecule has 0 aliphatic heterocycles. The first-order valence-electron chi connectivity index (χ1n) is 20.4. The minimum absolute atomic E-state index is 0. The second-order valence-electron chi connectivity index (χ2n) is 14.6. The van der Waals surface area contributed by atoms with Crippen molar-refractivity contribution < 1.29 is 31.4 Å². The van der Waals surface area contributed by atoms with Crippen LogP contribution in [-0.4, -0.2) is 22.6 Å². The van der Waals surface area contributed by atoms with E-state index in [0.717, 1.165) is 55.2 Å². The number of fused-ring (bicyclic) bond motifs is 5. The first-order valence-corrected chi connectivity index (χ1v) is 21.4. The van der Waals surface area contributed by atoms with Crippen LogP contribution >= 0.6 is 0 Å². The van der Waals surface area contributed by atoms with Crippen molar-refractivity contribution in [1.82, 2.24) is 14.5 Å². The molecule has 9 rings (SSSR count). The summed E-state index contributed by atoms with van der Waals surface area (Å²) in [5.74, 6) is 0.655. The fraction of sp³-hybridized carbons (Fsp3) is 0.167. The van der Waals surface area contributed by atoms with Gasteiger partial charge in [0.25, 0.3) is 0 Å². The average molecular weight is 903 g/mol. The number of aromatic nitrogens is 3. The third kappa shape index (κ3) is 7.22. The normalized spacial score (nSPS) is 13.5. The molecule has 54 heavy (non-hydrogen) atoms. The molecule has 3 aromatic heterocycles. The van der Waals surface area contributed by atoms with Gasteiger partial charge in [-0.3, -0.25) is 4.98 Å². The zero-order valence-electron chi connectivity index (χ0n) is 35.9. The van der Waals surface area contributed by atoms with Crippen LogP contribution in [0.2, 0.25) is 19.6 Å². The smallest absolute Gasteiger partial charge is 0.120 e. The van der Waals surface area contributed by atoms with E-state index in [-0.39, 0.29) is 31.6 Å². The molecule has 6 aromatic carbocycles. The minimum atomic E-state index is -2.16. The molecule has 0 unspecified atom stereocenters. The van der Waals surface area contributed by atoms with Gasteiger partial charge < -0.3 is 14.0 Å². The van der Waals surface area contributed by atoms with Crippen molar-refractivity contribution in [3.63, 3.8) is 0 Å². The molecule has 4 nitrogen and oxygen atoms in total. The van der Waals surface area contributed by atoms with E-state index >= 15 is 0 Å². The Balaban J connectivity index is 0.000000181. The monoisotopic (exact) mass is 903 g/mol. The number of rotatable bonds is 6. The van der Waals surface area contributed by atoms with Gasteiger partial charge in [0.15, 0.2) is 0 Å². The summed E-state index contributed by atoms with van der Waals surface area (Å²) in [6, 6.07) is 48.2. The van der Waals surface area contributed by atoms with Crippen molar-refractivity contribution in [3.05, 3.63) is 157 Å². The van der Waals surface area contributed by atoms with E-state index < -0.39 is 21.3 Å². The maximum Gasteiger partial charge on any atom is 0.120 e. The van der Waals surface area contributed by atoms with E-state index in [1.807, 2.05) is 50.2 Å². The standard InChI is InChI=1S/C29H17N2O.C19H26NSi.Ir/c1-2-11-20-19(9-1)10-7-17-25(20)31-26-16-5-4-15-24(26)30-29(31)23-14-8-13-22-21-12-3-6-18-27(21)32-28(22)23;1-14(2)11-17-12-18(16-9-7-15(3)8-10-16)20-13-19(17)21(4,5)6;/h1-13,15-18H;7-9,12-14H,11H2,1-6H3;/q2*-1;/i;3D3,11D2;. The van der Waals surface area contributed by atoms with Crippen molar-refractivity contribution >= 4 is 57.0 Å². The number of hydrogen-bond donors (Lipinski definition) is 0. The molecule has 3 heterocycles. The van der Waals surface area contributed by atoms with E-state index in [1.165, 1.54) is 16.8 Å². The van der Waals surface area contributed by atoms with E-state index in [4.69, 9.17) is 16.3 Å². The molecule has 271 valence electrons. The Labute approximate surface area is 339 Å². The Morgan fingerprint density at radius 2 is 1.59 bits per heavy atom. The Kier molecular flexibility index (Phi) is 8.86.